The summed E-state index contributed by atoms with van der Waals surface area (Å²) in [7, 11) is 1.57. The van der Waals surface area contributed by atoms with Crippen LogP contribution in [0.2, 0.25) is 0 Å². The van der Waals surface area contributed by atoms with Crippen LogP contribution < -0.4 is 15.7 Å². The summed E-state index contributed by atoms with van der Waals surface area (Å²) < 4.78 is 5.05. The zero-order valence-corrected chi connectivity index (χ0v) is 13.9. The summed E-state index contributed by atoms with van der Waals surface area (Å²) in [6.07, 6.45) is 3.10. The van der Waals surface area contributed by atoms with Crippen LogP contribution in [0, 0.1) is 6.92 Å². The van der Waals surface area contributed by atoms with Crippen molar-refractivity contribution in [3.05, 3.63) is 46.3 Å². The molecule has 0 aliphatic rings. The van der Waals surface area contributed by atoms with E-state index in [-0.39, 0.29) is 17.7 Å². The first-order chi connectivity index (χ1) is 11.0. The van der Waals surface area contributed by atoms with E-state index < -0.39 is 5.69 Å². The van der Waals surface area contributed by atoms with Crippen LogP contribution in [-0.4, -0.2) is 33.7 Å². The number of aromatic amines is 1. The maximum Gasteiger partial charge on any atom is 0.345 e. The van der Waals surface area contributed by atoms with Gasteiger partial charge in [0.05, 0.1) is 35.8 Å². The summed E-state index contributed by atoms with van der Waals surface area (Å²) in [5, 5.41) is 3.52. The largest absolute Gasteiger partial charge is 0.495 e. The Labute approximate surface area is 137 Å². The number of hydrogen-bond acceptors (Lipinski definition) is 6. The number of nitrogens with zero attached hydrogens (tertiary/aromatic N) is 2. The fourth-order valence-electron chi connectivity index (χ4n) is 1.86. The first kappa shape index (κ1) is 17.0. The molecule has 0 aliphatic heterocycles. The maximum atomic E-state index is 12.0. The number of amides is 1. The fraction of sp³-hybridized carbons (Fsp3) is 0.333. The van der Waals surface area contributed by atoms with Crippen molar-refractivity contribution in [3.8, 4) is 5.75 Å². The van der Waals surface area contributed by atoms with Crippen molar-refractivity contribution in [2.75, 3.05) is 12.9 Å². The molecule has 2 aromatic heterocycles. The number of hydrogen-bond donors (Lipinski definition) is 2. The molecule has 0 aromatic carbocycles. The summed E-state index contributed by atoms with van der Waals surface area (Å²) >= 11 is 1.26. The van der Waals surface area contributed by atoms with E-state index in [9.17, 15) is 9.59 Å². The topological polar surface area (TPSA) is 97.0 Å². The van der Waals surface area contributed by atoms with Gasteiger partial charge in [-0.25, -0.2) is 9.78 Å². The molecule has 1 amide bonds. The summed E-state index contributed by atoms with van der Waals surface area (Å²) in [4.78, 5) is 33.7. The minimum absolute atomic E-state index is 0.142. The highest BCUT2D eigenvalue weighted by atomic mass is 32.2. The zero-order chi connectivity index (χ0) is 16.8. The molecule has 2 heterocycles. The van der Waals surface area contributed by atoms with Crippen molar-refractivity contribution in [1.29, 1.82) is 0 Å². The number of rotatable bonds is 6. The Balaban J connectivity index is 1.90. The van der Waals surface area contributed by atoms with Gasteiger partial charge in [0.25, 0.3) is 0 Å². The molecule has 7 nitrogen and oxygen atoms in total. The molecule has 0 radical (unpaired) electrons. The highest BCUT2D eigenvalue weighted by Gasteiger charge is 2.12. The third-order valence-corrected chi connectivity index (χ3v) is 4.24. The monoisotopic (exact) mass is 334 g/mol. The zero-order valence-electron chi connectivity index (χ0n) is 13.1. The van der Waals surface area contributed by atoms with Crippen LogP contribution in [0.1, 0.15) is 24.2 Å². The average molecular weight is 334 g/mol. The van der Waals surface area contributed by atoms with Gasteiger partial charge in [-0.15, -0.1) is 0 Å². The molecule has 122 valence electrons. The van der Waals surface area contributed by atoms with E-state index >= 15 is 0 Å². The number of nitrogens with one attached hydrogen (secondary N) is 2. The molecule has 0 spiro atoms. The van der Waals surface area contributed by atoms with Gasteiger partial charge in [0.2, 0.25) is 5.91 Å². The smallest absolute Gasteiger partial charge is 0.345 e. The molecule has 0 saturated heterocycles. The molecule has 0 fully saturated rings. The normalized spacial score (nSPS) is 11.8. The molecule has 2 N–H and O–H groups in total. The second-order valence-electron chi connectivity index (χ2n) is 4.90. The highest BCUT2D eigenvalue weighted by molar-refractivity contribution is 7.99. The molecular weight excluding hydrogens is 316 g/mol. The van der Waals surface area contributed by atoms with E-state index in [2.05, 4.69) is 20.3 Å². The minimum Gasteiger partial charge on any atom is -0.495 e. The standard InChI is InChI=1S/C15H18N4O3S/c1-9-6-17-15(21)19-14(9)23-8-13(20)18-10(2)12-5-4-11(22-3)7-16-12/h4-7,10H,8H2,1-3H3,(H,18,20)(H,17,19,21)/t10-/m1/s1. The van der Waals surface area contributed by atoms with Crippen LogP contribution in [0.25, 0.3) is 0 Å². The number of ether oxygens (including phenoxy) is 1. The second kappa shape index (κ2) is 7.77. The van der Waals surface area contributed by atoms with E-state index in [1.807, 2.05) is 13.8 Å². The molecular formula is C15H18N4O3S. The molecule has 0 saturated carbocycles. The molecule has 0 aliphatic carbocycles. The number of carbonyl (C=O) groups excluding carboxylic acids is 1. The lowest BCUT2D eigenvalue weighted by atomic mass is 10.2. The van der Waals surface area contributed by atoms with Gasteiger partial charge in [-0.05, 0) is 31.5 Å². The number of methoxy groups -OCH3 is 1. The van der Waals surface area contributed by atoms with Crippen molar-refractivity contribution in [3.63, 3.8) is 0 Å². The average Bonchev–Trinajstić information content (AvgIpc) is 2.55. The first-order valence-electron chi connectivity index (χ1n) is 6.97. The Bertz CT molecular complexity index is 730. The number of aromatic nitrogens is 3. The predicted molar refractivity (Wildman–Crippen MR) is 87.7 cm³/mol. The van der Waals surface area contributed by atoms with Crippen molar-refractivity contribution in [2.45, 2.75) is 24.9 Å². The van der Waals surface area contributed by atoms with Crippen LogP contribution in [0.3, 0.4) is 0 Å². The number of thioether (sulfide) groups is 1. The van der Waals surface area contributed by atoms with E-state index in [1.54, 1.807) is 25.4 Å². The van der Waals surface area contributed by atoms with Crippen LogP contribution in [0.4, 0.5) is 0 Å². The van der Waals surface area contributed by atoms with Gasteiger partial charge in [-0.2, -0.15) is 0 Å². The molecule has 8 heteroatoms. The highest BCUT2D eigenvalue weighted by Crippen LogP contribution is 2.18. The molecule has 2 aromatic rings. The number of carbonyl (C=O) groups is 1. The number of H-pyrrole nitrogens is 1. The van der Waals surface area contributed by atoms with Gasteiger partial charge in [-0.1, -0.05) is 11.8 Å². The SMILES string of the molecule is COc1ccc([C@@H](C)NC(=O)CSc2[nH]c(=O)ncc2C)nc1. The van der Waals surface area contributed by atoms with Crippen LogP contribution in [-0.2, 0) is 4.79 Å². The molecule has 23 heavy (non-hydrogen) atoms. The summed E-state index contributed by atoms with van der Waals surface area (Å²) in [6, 6.07) is 3.39. The Kier molecular flexibility index (Phi) is 5.75. The number of pyridine rings is 1. The molecule has 0 unspecified atom stereocenters. The molecule has 1 atom stereocenters. The lowest BCUT2D eigenvalue weighted by Gasteiger charge is -2.13. The molecule has 2 rings (SSSR count). The van der Waals surface area contributed by atoms with Crippen molar-refractivity contribution in [1.82, 2.24) is 20.3 Å². The predicted octanol–water partition coefficient (Wildman–Crippen LogP) is 1.45. The second-order valence-corrected chi connectivity index (χ2v) is 5.89. The number of aryl methyl sites for hydroxylation is 1. The third-order valence-electron chi connectivity index (χ3n) is 3.12. The third kappa shape index (κ3) is 4.82. The summed E-state index contributed by atoms with van der Waals surface area (Å²) in [5.74, 6) is 0.721. The van der Waals surface area contributed by atoms with E-state index in [1.165, 1.54) is 18.0 Å². The van der Waals surface area contributed by atoms with Gasteiger partial charge in [0, 0.05) is 6.20 Å². The Hall–Kier alpha value is -2.35. The minimum atomic E-state index is -0.422. The quantitative estimate of drug-likeness (QED) is 0.613. The first-order valence-corrected chi connectivity index (χ1v) is 7.96. The summed E-state index contributed by atoms with van der Waals surface area (Å²) in [5.41, 5.74) is 1.15. The lowest BCUT2D eigenvalue weighted by molar-refractivity contribution is -0.119. The maximum absolute atomic E-state index is 12.0. The fourth-order valence-corrected chi connectivity index (χ4v) is 2.65. The summed E-state index contributed by atoms with van der Waals surface area (Å²) in [6.45, 7) is 3.68. The molecule has 0 bridgehead atoms. The van der Waals surface area contributed by atoms with Gasteiger partial charge in [0.15, 0.2) is 0 Å². The van der Waals surface area contributed by atoms with E-state index in [0.717, 1.165) is 11.3 Å². The Morgan fingerprint density at radius 3 is 2.83 bits per heavy atom. The van der Waals surface area contributed by atoms with Crippen molar-refractivity contribution in [2.24, 2.45) is 0 Å². The van der Waals surface area contributed by atoms with E-state index in [0.29, 0.717) is 10.8 Å². The van der Waals surface area contributed by atoms with Gasteiger partial charge < -0.3 is 15.0 Å². The van der Waals surface area contributed by atoms with Crippen LogP contribution >= 0.6 is 11.8 Å². The van der Waals surface area contributed by atoms with Crippen molar-refractivity contribution >= 4 is 17.7 Å². The van der Waals surface area contributed by atoms with Gasteiger partial charge in [0.1, 0.15) is 5.75 Å². The van der Waals surface area contributed by atoms with Gasteiger partial charge >= 0.3 is 5.69 Å². The lowest BCUT2D eigenvalue weighted by Crippen LogP contribution is -2.28. The van der Waals surface area contributed by atoms with Crippen LogP contribution in [0.15, 0.2) is 34.3 Å². The Morgan fingerprint density at radius 2 is 2.17 bits per heavy atom. The van der Waals surface area contributed by atoms with Crippen LogP contribution in [0.5, 0.6) is 5.75 Å². The Morgan fingerprint density at radius 1 is 1.39 bits per heavy atom. The van der Waals surface area contributed by atoms with Crippen molar-refractivity contribution < 1.29 is 9.53 Å². The van der Waals surface area contributed by atoms with Gasteiger partial charge in [-0.3, -0.25) is 9.78 Å². The van der Waals surface area contributed by atoms with E-state index in [4.69, 9.17) is 4.74 Å².